The average Bonchev–Trinajstić information content (AvgIpc) is 2.13. The van der Waals surface area contributed by atoms with Crippen LogP contribution in [0, 0.1) is 11.3 Å². The summed E-state index contributed by atoms with van der Waals surface area (Å²) in [5.41, 5.74) is -0.420. The van der Waals surface area contributed by atoms with Gasteiger partial charge in [0.15, 0.2) is 0 Å². The molecule has 0 aliphatic heterocycles. The van der Waals surface area contributed by atoms with Gasteiger partial charge in [-0.2, -0.15) is 0 Å². The van der Waals surface area contributed by atoms with Crippen LogP contribution in [-0.2, 0) is 22.4 Å². The van der Waals surface area contributed by atoms with Crippen molar-refractivity contribution >= 4 is 29.5 Å². The van der Waals surface area contributed by atoms with Gasteiger partial charge in [-0.15, -0.1) is 0 Å². The molecule has 3 nitrogen and oxygen atoms in total. The first-order valence-corrected chi connectivity index (χ1v) is 13.0. The van der Waals surface area contributed by atoms with Gasteiger partial charge in [0.2, 0.25) is 0 Å². The van der Waals surface area contributed by atoms with Crippen molar-refractivity contribution in [3.63, 3.8) is 0 Å². The maximum atomic E-state index is 11.7. The number of hydrogen-bond donors (Lipinski definition) is 0. The van der Waals surface area contributed by atoms with Crippen LogP contribution in [0.1, 0.15) is 47.5 Å². The fourth-order valence-electron chi connectivity index (χ4n) is 1.33. The van der Waals surface area contributed by atoms with E-state index in [0.717, 1.165) is 12.8 Å². The molecule has 0 fully saturated rings. The SMILES string of the molecule is CCC(CC)COC([O][V](=[O])([Cl])([Cl])[Cl])C(C)(C)C. The predicted octanol–water partition coefficient (Wildman–Crippen LogP) is 5.24. The Morgan fingerprint density at radius 1 is 1.11 bits per heavy atom. The van der Waals surface area contributed by atoms with Gasteiger partial charge in [-0.25, -0.2) is 0 Å². The van der Waals surface area contributed by atoms with Crippen LogP contribution in [0.25, 0.3) is 0 Å². The second-order valence-corrected chi connectivity index (χ2v) is 17.7. The first kappa shape index (κ1) is 19.2. The van der Waals surface area contributed by atoms with Gasteiger partial charge < -0.3 is 0 Å². The molecule has 7 heteroatoms. The van der Waals surface area contributed by atoms with Crippen LogP contribution in [0.4, 0.5) is 0 Å². The first-order valence-electron chi connectivity index (χ1n) is 6.06. The molecule has 0 saturated carbocycles. The van der Waals surface area contributed by atoms with Gasteiger partial charge >= 0.3 is 124 Å². The molecule has 1 unspecified atom stereocenters. The third-order valence-corrected chi connectivity index (χ3v) is 4.40. The Hall–Kier alpha value is 1.17. The molecule has 0 aliphatic rings. The molecule has 0 aromatic rings. The summed E-state index contributed by atoms with van der Waals surface area (Å²) in [6.07, 6.45) is 1.20. The third-order valence-electron chi connectivity index (χ3n) is 2.60. The van der Waals surface area contributed by atoms with E-state index in [1.54, 1.807) is 0 Å². The molecule has 0 aromatic carbocycles. The fraction of sp³-hybridized carbons (Fsp3) is 1.00. The monoisotopic (exact) mass is 359 g/mol. The van der Waals surface area contributed by atoms with E-state index in [0.29, 0.717) is 12.5 Å². The normalized spacial score (nSPS) is 17.5. The van der Waals surface area contributed by atoms with E-state index < -0.39 is 22.0 Å². The first-order chi connectivity index (χ1) is 7.85. The van der Waals surface area contributed by atoms with Gasteiger partial charge in [-0.1, -0.05) is 0 Å². The predicted molar refractivity (Wildman–Crippen MR) is 72.6 cm³/mol. The van der Waals surface area contributed by atoms with E-state index in [9.17, 15) is 3.67 Å². The van der Waals surface area contributed by atoms with Crippen LogP contribution >= 0.6 is 29.5 Å². The third kappa shape index (κ3) is 9.14. The summed E-state index contributed by atoms with van der Waals surface area (Å²) in [6.45, 7) is 10.3. The number of ether oxygens (including phenoxy) is 1. The van der Waals surface area contributed by atoms with E-state index >= 15 is 0 Å². The van der Waals surface area contributed by atoms with Gasteiger partial charge in [0.25, 0.3) is 0 Å². The molecule has 0 aliphatic carbocycles. The molecule has 0 spiro atoms. The van der Waals surface area contributed by atoms with Gasteiger partial charge in [0.1, 0.15) is 0 Å². The van der Waals surface area contributed by atoms with Crippen LogP contribution in [-0.4, -0.2) is 12.9 Å². The second kappa shape index (κ2) is 6.75. The zero-order valence-electron chi connectivity index (χ0n) is 11.6. The van der Waals surface area contributed by atoms with Crippen LogP contribution in [0.2, 0.25) is 0 Å². The molecular formula is C11H23Cl3O3V. The van der Waals surface area contributed by atoms with Crippen LogP contribution in [0.5, 0.6) is 0 Å². The topological polar surface area (TPSA) is 35.5 Å². The number of hydrogen-bond acceptors (Lipinski definition) is 3. The van der Waals surface area contributed by atoms with Gasteiger partial charge in [-0.05, 0) is 0 Å². The molecule has 0 saturated heterocycles. The van der Waals surface area contributed by atoms with E-state index in [1.807, 2.05) is 20.8 Å². The Morgan fingerprint density at radius 3 is 1.83 bits per heavy atom. The quantitative estimate of drug-likeness (QED) is 0.582. The summed E-state index contributed by atoms with van der Waals surface area (Å²) in [6, 6.07) is 0. The van der Waals surface area contributed by atoms with Gasteiger partial charge in [0.05, 0.1) is 0 Å². The summed E-state index contributed by atoms with van der Waals surface area (Å²) in [5, 5.41) is 0. The van der Waals surface area contributed by atoms with Crippen molar-refractivity contribution in [1.29, 1.82) is 0 Å². The maximum absolute atomic E-state index is 11.7. The molecule has 0 amide bonds. The van der Waals surface area contributed by atoms with E-state index in [4.69, 9.17) is 37.9 Å². The molecule has 0 heterocycles. The summed E-state index contributed by atoms with van der Waals surface area (Å²) in [5.74, 6) is 0.419. The van der Waals surface area contributed by atoms with E-state index in [-0.39, 0.29) is 0 Å². The van der Waals surface area contributed by atoms with Crippen molar-refractivity contribution < 1.29 is 22.4 Å². The van der Waals surface area contributed by atoms with Gasteiger partial charge in [0, 0.05) is 0 Å². The molecule has 0 bridgehead atoms. The Labute approximate surface area is 123 Å². The molecule has 0 N–H and O–H groups in total. The molecule has 18 heavy (non-hydrogen) atoms. The zero-order chi connectivity index (χ0) is 14.6. The molecule has 0 rings (SSSR count). The van der Waals surface area contributed by atoms with Crippen LogP contribution in [0.3, 0.4) is 0 Å². The Kier molecular flexibility index (Phi) is 7.19. The number of halogens is 3. The van der Waals surface area contributed by atoms with Gasteiger partial charge in [-0.3, -0.25) is 0 Å². The van der Waals surface area contributed by atoms with Crippen LogP contribution < -0.4 is 0 Å². The van der Waals surface area contributed by atoms with Crippen LogP contribution in [0.15, 0.2) is 0 Å². The minimum atomic E-state index is -5.38. The summed E-state index contributed by atoms with van der Waals surface area (Å²) < 4.78 is 22.5. The molecule has 0 radical (unpaired) electrons. The van der Waals surface area contributed by atoms with Crippen molar-refractivity contribution in [2.75, 3.05) is 6.61 Å². The van der Waals surface area contributed by atoms with E-state index in [1.165, 1.54) is 0 Å². The molecule has 1 atom stereocenters. The minimum absolute atomic E-state index is 0.419. The summed E-state index contributed by atoms with van der Waals surface area (Å²) in [7, 11) is 11.2. The zero-order valence-corrected chi connectivity index (χ0v) is 15.2. The average molecular weight is 361 g/mol. The Morgan fingerprint density at radius 2 is 1.56 bits per heavy atom. The van der Waals surface area contributed by atoms with Crippen molar-refractivity contribution in [3.8, 4) is 0 Å². The molecule has 111 valence electrons. The van der Waals surface area contributed by atoms with E-state index in [2.05, 4.69) is 13.8 Å². The summed E-state index contributed by atoms with van der Waals surface area (Å²) >= 11 is 0. The van der Waals surface area contributed by atoms with Crippen molar-refractivity contribution in [3.05, 3.63) is 0 Å². The second-order valence-electron chi connectivity index (χ2n) is 5.50. The van der Waals surface area contributed by atoms with Crippen molar-refractivity contribution in [2.24, 2.45) is 11.3 Å². The summed E-state index contributed by atoms with van der Waals surface area (Å²) in [4.78, 5) is 0. The van der Waals surface area contributed by atoms with Crippen molar-refractivity contribution in [2.45, 2.75) is 53.8 Å². The molecule has 0 aromatic heterocycles. The standard InChI is InChI=1S/C11H23O2.3ClH.O.V/c1-6-9(7-2)8-13-10(12)11(3,4)5;;;;;/h9-10H,6-8H2,1-5H3;3*1H;;/q-1;;;;;+4/p-3. The molecular weight excluding hydrogens is 337 g/mol. The Balaban J connectivity index is 4.69. The fourth-order valence-corrected chi connectivity index (χ4v) is 3.28. The number of rotatable bonds is 7. The van der Waals surface area contributed by atoms with Crippen molar-refractivity contribution in [1.82, 2.24) is 0 Å². The Bertz CT molecular complexity index is 307.